The molecule has 0 atom stereocenters. The van der Waals surface area contributed by atoms with E-state index in [1.54, 1.807) is 0 Å². The zero-order valence-electron chi connectivity index (χ0n) is 5.23. The van der Waals surface area contributed by atoms with Crippen LogP contribution in [0.3, 0.4) is 0 Å². The fourth-order valence-corrected chi connectivity index (χ4v) is 1.23. The van der Waals surface area contributed by atoms with Gasteiger partial charge in [0.1, 0.15) is 5.78 Å². The summed E-state index contributed by atoms with van der Waals surface area (Å²) >= 11 is 0. The molecule has 1 saturated heterocycles. The first-order valence-electron chi connectivity index (χ1n) is 3.07. The largest absolute Gasteiger partial charge is 0.299 e. The Kier molecular flexibility index (Phi) is 0.971. The van der Waals surface area contributed by atoms with Crippen molar-refractivity contribution >= 4 is 11.6 Å². The molecule has 10 heavy (non-hydrogen) atoms. The highest BCUT2D eigenvalue weighted by Crippen LogP contribution is 2.22. The smallest absolute Gasteiger partial charge is 0.177 e. The Morgan fingerprint density at radius 1 is 1.30 bits per heavy atom. The minimum absolute atomic E-state index is 0.00787. The number of nitrogens with one attached hydrogen (secondary N) is 3. The molecule has 1 heterocycles. The Morgan fingerprint density at radius 3 is 2.20 bits per heavy atom. The molecule has 0 radical (unpaired) electrons. The van der Waals surface area contributed by atoms with Crippen molar-refractivity contribution in [3.8, 4) is 0 Å². The average Bonchev–Trinajstić information content (AvgIpc) is 2.04. The third-order valence-corrected chi connectivity index (χ3v) is 1.85. The van der Waals surface area contributed by atoms with E-state index in [4.69, 9.17) is 0 Å². The maximum Gasteiger partial charge on any atom is 0.177 e. The van der Waals surface area contributed by atoms with E-state index >= 15 is 0 Å². The van der Waals surface area contributed by atoms with E-state index in [0.717, 1.165) is 0 Å². The molecule has 1 aliphatic carbocycles. The minimum atomic E-state index is -0.753. The van der Waals surface area contributed by atoms with Gasteiger partial charge in [-0.1, -0.05) is 0 Å². The Morgan fingerprint density at radius 2 is 2.00 bits per heavy atom. The molecule has 2 fully saturated rings. The highest BCUT2D eigenvalue weighted by molar-refractivity contribution is 6.11. The first kappa shape index (κ1) is 5.96. The van der Waals surface area contributed by atoms with Gasteiger partial charge in [-0.25, -0.2) is 10.9 Å². The van der Waals surface area contributed by atoms with E-state index in [1.807, 2.05) is 0 Å². The summed E-state index contributed by atoms with van der Waals surface area (Å²) in [7, 11) is 0. The van der Waals surface area contributed by atoms with Gasteiger partial charge >= 0.3 is 0 Å². The molecule has 54 valence electrons. The SMILES string of the molecule is O=C1CC(=O)C2(C1)NNN2. The molecule has 1 saturated carbocycles. The standard InChI is InChI=1S/C5H7N3O2/c9-3-1-4(10)5(2-3)6-8-7-5/h6-8H,1-2H2. The molecule has 2 rings (SSSR count). The van der Waals surface area contributed by atoms with Crippen LogP contribution in [-0.2, 0) is 9.59 Å². The van der Waals surface area contributed by atoms with Gasteiger partial charge in [0.25, 0.3) is 0 Å². The van der Waals surface area contributed by atoms with Crippen LogP contribution < -0.4 is 16.4 Å². The van der Waals surface area contributed by atoms with Gasteiger partial charge in [-0.05, 0) is 0 Å². The topological polar surface area (TPSA) is 70.2 Å². The van der Waals surface area contributed by atoms with E-state index < -0.39 is 5.66 Å². The maximum atomic E-state index is 11.0. The van der Waals surface area contributed by atoms with Crippen LogP contribution in [0.1, 0.15) is 12.8 Å². The summed E-state index contributed by atoms with van der Waals surface area (Å²) in [5.41, 5.74) is 7.11. The summed E-state index contributed by atoms with van der Waals surface area (Å²) in [5.74, 6) is -0.0808. The highest BCUT2D eigenvalue weighted by atomic mass is 16.2. The second-order valence-electron chi connectivity index (χ2n) is 2.60. The molecule has 0 aromatic carbocycles. The van der Waals surface area contributed by atoms with E-state index in [1.165, 1.54) is 0 Å². The Bertz CT molecular complexity index is 209. The van der Waals surface area contributed by atoms with E-state index in [2.05, 4.69) is 16.4 Å². The van der Waals surface area contributed by atoms with Gasteiger partial charge in [0.2, 0.25) is 0 Å². The lowest BCUT2D eigenvalue weighted by molar-refractivity contribution is -0.130. The van der Waals surface area contributed by atoms with Crippen molar-refractivity contribution in [2.75, 3.05) is 0 Å². The monoisotopic (exact) mass is 141 g/mol. The van der Waals surface area contributed by atoms with E-state index in [-0.39, 0.29) is 24.4 Å². The molecule has 0 unspecified atom stereocenters. The normalized spacial score (nSPS) is 29.2. The van der Waals surface area contributed by atoms with Gasteiger partial charge < -0.3 is 0 Å². The van der Waals surface area contributed by atoms with Crippen LogP contribution >= 0.6 is 0 Å². The van der Waals surface area contributed by atoms with Crippen LogP contribution in [0.4, 0.5) is 0 Å². The molecular weight excluding hydrogens is 134 g/mol. The Hall–Kier alpha value is -0.780. The number of hydrazine groups is 2. The van der Waals surface area contributed by atoms with E-state index in [9.17, 15) is 9.59 Å². The lowest BCUT2D eigenvalue weighted by atomic mass is 10.1. The summed E-state index contributed by atoms with van der Waals surface area (Å²) in [5, 5.41) is 0. The third-order valence-electron chi connectivity index (χ3n) is 1.85. The first-order valence-corrected chi connectivity index (χ1v) is 3.07. The first-order chi connectivity index (χ1) is 4.73. The van der Waals surface area contributed by atoms with Crippen LogP contribution in [0, 0.1) is 0 Å². The molecule has 0 aromatic heterocycles. The van der Waals surface area contributed by atoms with Crippen molar-refractivity contribution in [3.05, 3.63) is 0 Å². The number of hydrogen-bond acceptors (Lipinski definition) is 5. The molecule has 1 aliphatic heterocycles. The summed E-state index contributed by atoms with van der Waals surface area (Å²) < 4.78 is 0. The molecule has 0 aromatic rings. The predicted molar refractivity (Wildman–Crippen MR) is 31.4 cm³/mol. The minimum Gasteiger partial charge on any atom is -0.299 e. The molecule has 3 N–H and O–H groups in total. The second kappa shape index (κ2) is 1.63. The number of ketones is 2. The molecule has 0 amide bonds. The van der Waals surface area contributed by atoms with Gasteiger partial charge in [0.05, 0.1) is 6.42 Å². The van der Waals surface area contributed by atoms with Gasteiger partial charge in [-0.3, -0.25) is 9.59 Å². The summed E-state index contributed by atoms with van der Waals surface area (Å²) in [6, 6.07) is 0. The highest BCUT2D eigenvalue weighted by Gasteiger charge is 2.50. The van der Waals surface area contributed by atoms with Crippen molar-refractivity contribution in [1.82, 2.24) is 16.4 Å². The zero-order valence-corrected chi connectivity index (χ0v) is 5.23. The van der Waals surface area contributed by atoms with Crippen LogP contribution in [0.2, 0.25) is 0 Å². The summed E-state index contributed by atoms with van der Waals surface area (Å²) in [4.78, 5) is 21.7. The number of rotatable bonds is 0. The lowest BCUT2D eigenvalue weighted by Crippen LogP contribution is -2.81. The number of carbonyl (C=O) groups excluding carboxylic acids is 2. The Balaban J connectivity index is 2.23. The fourth-order valence-electron chi connectivity index (χ4n) is 1.23. The van der Waals surface area contributed by atoms with Gasteiger partial charge in [-0.2, -0.15) is 5.53 Å². The molecule has 5 nitrogen and oxygen atoms in total. The van der Waals surface area contributed by atoms with Crippen LogP contribution in [0.25, 0.3) is 0 Å². The molecule has 0 bridgehead atoms. The van der Waals surface area contributed by atoms with Gasteiger partial charge in [-0.15, -0.1) is 0 Å². The number of hydrogen-bond donors (Lipinski definition) is 3. The van der Waals surface area contributed by atoms with E-state index in [0.29, 0.717) is 0 Å². The molecule has 2 aliphatic rings. The maximum absolute atomic E-state index is 11.0. The number of Topliss-reactive ketones (excluding diaryl/α,β-unsaturated/α-hetero) is 2. The van der Waals surface area contributed by atoms with Crippen LogP contribution in [0.5, 0.6) is 0 Å². The average molecular weight is 141 g/mol. The van der Waals surface area contributed by atoms with Crippen LogP contribution in [0.15, 0.2) is 0 Å². The van der Waals surface area contributed by atoms with Crippen molar-refractivity contribution < 1.29 is 9.59 Å². The Labute approximate surface area is 57.1 Å². The number of carbonyl (C=O) groups is 2. The summed E-state index contributed by atoms with van der Waals surface area (Å²) in [6.07, 6.45) is 0.320. The van der Waals surface area contributed by atoms with Crippen molar-refractivity contribution in [3.63, 3.8) is 0 Å². The fraction of sp³-hybridized carbons (Fsp3) is 0.600. The molecule has 1 spiro atoms. The lowest BCUT2D eigenvalue weighted by Gasteiger charge is -2.38. The van der Waals surface area contributed by atoms with Gasteiger partial charge in [0.15, 0.2) is 11.4 Å². The van der Waals surface area contributed by atoms with Crippen molar-refractivity contribution in [2.24, 2.45) is 0 Å². The third kappa shape index (κ3) is 0.566. The summed E-state index contributed by atoms with van der Waals surface area (Å²) in [6.45, 7) is 0. The molecular formula is C5H7N3O2. The predicted octanol–water partition coefficient (Wildman–Crippen LogP) is -1.77. The zero-order chi connectivity index (χ0) is 7.19. The van der Waals surface area contributed by atoms with Crippen LogP contribution in [-0.4, -0.2) is 17.2 Å². The van der Waals surface area contributed by atoms with Crippen molar-refractivity contribution in [1.29, 1.82) is 0 Å². The molecule has 5 heteroatoms. The quantitative estimate of drug-likeness (QED) is 0.348. The van der Waals surface area contributed by atoms with Gasteiger partial charge in [0, 0.05) is 6.42 Å². The second-order valence-corrected chi connectivity index (χ2v) is 2.60. The van der Waals surface area contributed by atoms with Crippen molar-refractivity contribution in [2.45, 2.75) is 18.5 Å².